The second-order valence-corrected chi connectivity index (χ2v) is 4.77. The highest BCUT2D eigenvalue weighted by atomic mass is 16.5. The molecule has 0 bridgehead atoms. The zero-order chi connectivity index (χ0) is 13.0. The molecule has 0 aromatic carbocycles. The Hall–Kier alpha value is -1.69. The van der Waals surface area contributed by atoms with Crippen molar-refractivity contribution in [1.29, 1.82) is 0 Å². The van der Waals surface area contributed by atoms with Gasteiger partial charge in [0, 0.05) is 6.07 Å². The van der Waals surface area contributed by atoms with Gasteiger partial charge in [-0.3, -0.25) is 0 Å². The van der Waals surface area contributed by atoms with Crippen molar-refractivity contribution in [3.8, 4) is 5.75 Å². The SMILES string of the molecule is NNc1nc(N)cc(OCC2CCCCC2)c1N. The third kappa shape index (κ3) is 2.95. The van der Waals surface area contributed by atoms with Gasteiger partial charge in [-0.1, -0.05) is 19.3 Å². The maximum absolute atomic E-state index is 5.89. The number of aromatic nitrogens is 1. The zero-order valence-electron chi connectivity index (χ0n) is 10.5. The highest BCUT2D eigenvalue weighted by Crippen LogP contribution is 2.31. The van der Waals surface area contributed by atoms with Gasteiger partial charge < -0.3 is 21.6 Å². The molecule has 2 rings (SSSR count). The lowest BCUT2D eigenvalue weighted by Crippen LogP contribution is -2.17. The number of nitrogens with one attached hydrogen (secondary N) is 1. The molecule has 1 aliphatic carbocycles. The van der Waals surface area contributed by atoms with Crippen LogP contribution in [0.15, 0.2) is 6.07 Å². The molecular weight excluding hydrogens is 230 g/mol. The standard InChI is InChI=1S/C12H21N5O/c13-10-6-9(11(14)12(16-10)17-15)18-7-8-4-2-1-3-5-8/h6,8H,1-5,7,14-15H2,(H3,13,16,17). The molecular formula is C12H21N5O. The highest BCUT2D eigenvalue weighted by Gasteiger charge is 2.16. The summed E-state index contributed by atoms with van der Waals surface area (Å²) in [7, 11) is 0. The number of anilines is 3. The minimum Gasteiger partial charge on any atom is -0.491 e. The fraction of sp³-hybridized carbons (Fsp3) is 0.583. The van der Waals surface area contributed by atoms with Crippen LogP contribution in [0, 0.1) is 5.92 Å². The molecule has 1 heterocycles. The van der Waals surface area contributed by atoms with Crippen LogP contribution in [0.4, 0.5) is 17.3 Å². The summed E-state index contributed by atoms with van der Waals surface area (Å²) in [6, 6.07) is 1.64. The van der Waals surface area contributed by atoms with Gasteiger partial charge in [-0.2, -0.15) is 0 Å². The van der Waals surface area contributed by atoms with Crippen molar-refractivity contribution in [2.75, 3.05) is 23.5 Å². The lowest BCUT2D eigenvalue weighted by molar-refractivity contribution is 0.210. The van der Waals surface area contributed by atoms with E-state index in [4.69, 9.17) is 22.0 Å². The van der Waals surface area contributed by atoms with Gasteiger partial charge in [-0.15, -0.1) is 0 Å². The second-order valence-electron chi connectivity index (χ2n) is 4.77. The molecule has 6 nitrogen and oxygen atoms in total. The molecule has 0 saturated heterocycles. The summed E-state index contributed by atoms with van der Waals surface area (Å²) in [4.78, 5) is 3.98. The largest absolute Gasteiger partial charge is 0.491 e. The molecule has 1 fully saturated rings. The number of nitrogen functional groups attached to an aromatic ring is 3. The first-order chi connectivity index (χ1) is 8.70. The predicted octanol–water partition coefficient (Wildman–Crippen LogP) is 1.49. The smallest absolute Gasteiger partial charge is 0.169 e. The first-order valence-corrected chi connectivity index (χ1v) is 6.36. The van der Waals surface area contributed by atoms with E-state index in [-0.39, 0.29) is 0 Å². The molecule has 0 amide bonds. The lowest BCUT2D eigenvalue weighted by atomic mass is 9.90. The van der Waals surface area contributed by atoms with Crippen LogP contribution in [0.5, 0.6) is 5.75 Å². The fourth-order valence-electron chi connectivity index (χ4n) is 2.34. The summed E-state index contributed by atoms with van der Waals surface area (Å²) >= 11 is 0. The quantitative estimate of drug-likeness (QED) is 0.476. The Kier molecular flexibility index (Phi) is 4.09. The Balaban J connectivity index is 2.01. The van der Waals surface area contributed by atoms with E-state index >= 15 is 0 Å². The topological polar surface area (TPSA) is 112 Å². The summed E-state index contributed by atoms with van der Waals surface area (Å²) < 4.78 is 5.76. The molecule has 0 radical (unpaired) electrons. The Morgan fingerprint density at radius 2 is 2.00 bits per heavy atom. The van der Waals surface area contributed by atoms with Gasteiger partial charge in [-0.25, -0.2) is 10.8 Å². The van der Waals surface area contributed by atoms with Gasteiger partial charge in [0.15, 0.2) is 5.82 Å². The van der Waals surface area contributed by atoms with Crippen LogP contribution in [0.25, 0.3) is 0 Å². The molecule has 7 N–H and O–H groups in total. The van der Waals surface area contributed by atoms with Crippen molar-refractivity contribution in [2.45, 2.75) is 32.1 Å². The molecule has 0 aliphatic heterocycles. The summed E-state index contributed by atoms with van der Waals surface area (Å²) in [6.45, 7) is 0.678. The average Bonchev–Trinajstić information content (AvgIpc) is 2.40. The number of hydrogen-bond donors (Lipinski definition) is 4. The molecule has 0 spiro atoms. The number of hydrogen-bond acceptors (Lipinski definition) is 6. The van der Waals surface area contributed by atoms with E-state index < -0.39 is 0 Å². The fourth-order valence-corrected chi connectivity index (χ4v) is 2.34. The Morgan fingerprint density at radius 3 is 2.67 bits per heavy atom. The van der Waals surface area contributed by atoms with Gasteiger partial charge in [0.05, 0.1) is 6.61 Å². The first kappa shape index (κ1) is 12.8. The van der Waals surface area contributed by atoms with Gasteiger partial charge in [0.1, 0.15) is 17.3 Å². The van der Waals surface area contributed by atoms with Crippen LogP contribution in [0.2, 0.25) is 0 Å². The Labute approximate surface area is 107 Å². The summed E-state index contributed by atoms with van der Waals surface area (Å²) in [5, 5.41) is 0. The number of pyridine rings is 1. The van der Waals surface area contributed by atoms with E-state index in [1.54, 1.807) is 6.07 Å². The normalized spacial score (nSPS) is 16.5. The molecule has 0 atom stereocenters. The molecule has 100 valence electrons. The molecule has 1 aromatic rings. The molecule has 1 aliphatic rings. The summed E-state index contributed by atoms with van der Waals surface area (Å²) in [6.07, 6.45) is 6.36. The molecule has 18 heavy (non-hydrogen) atoms. The molecule has 1 aromatic heterocycles. The summed E-state index contributed by atoms with van der Waals surface area (Å²) in [5.41, 5.74) is 14.4. The van der Waals surface area contributed by atoms with E-state index in [1.165, 1.54) is 32.1 Å². The third-order valence-electron chi connectivity index (χ3n) is 3.38. The van der Waals surface area contributed by atoms with Crippen molar-refractivity contribution < 1.29 is 4.74 Å². The Morgan fingerprint density at radius 1 is 1.28 bits per heavy atom. The monoisotopic (exact) mass is 251 g/mol. The van der Waals surface area contributed by atoms with Crippen molar-refractivity contribution >= 4 is 17.3 Å². The Bertz CT molecular complexity index is 404. The minimum atomic E-state index is 0.343. The van der Waals surface area contributed by atoms with E-state index in [9.17, 15) is 0 Å². The average molecular weight is 251 g/mol. The van der Waals surface area contributed by atoms with E-state index in [0.29, 0.717) is 35.6 Å². The first-order valence-electron chi connectivity index (χ1n) is 6.36. The lowest BCUT2D eigenvalue weighted by Gasteiger charge is -2.22. The minimum absolute atomic E-state index is 0.343. The van der Waals surface area contributed by atoms with Gasteiger partial charge in [0.2, 0.25) is 0 Å². The van der Waals surface area contributed by atoms with Crippen LogP contribution in [-0.2, 0) is 0 Å². The predicted molar refractivity (Wildman–Crippen MR) is 72.9 cm³/mol. The van der Waals surface area contributed by atoms with Crippen molar-refractivity contribution in [3.63, 3.8) is 0 Å². The molecule has 0 unspecified atom stereocenters. The van der Waals surface area contributed by atoms with Crippen LogP contribution in [0.1, 0.15) is 32.1 Å². The maximum Gasteiger partial charge on any atom is 0.169 e. The maximum atomic E-state index is 5.89. The van der Waals surface area contributed by atoms with E-state index in [0.717, 1.165) is 0 Å². The van der Waals surface area contributed by atoms with Crippen molar-refractivity contribution in [3.05, 3.63) is 6.07 Å². The third-order valence-corrected chi connectivity index (χ3v) is 3.38. The highest BCUT2D eigenvalue weighted by molar-refractivity contribution is 5.71. The van der Waals surface area contributed by atoms with Gasteiger partial charge in [0.25, 0.3) is 0 Å². The molecule has 1 saturated carbocycles. The van der Waals surface area contributed by atoms with Crippen LogP contribution >= 0.6 is 0 Å². The second kappa shape index (κ2) is 5.77. The number of rotatable bonds is 4. The number of ether oxygens (including phenoxy) is 1. The molecule has 6 heteroatoms. The van der Waals surface area contributed by atoms with Crippen molar-refractivity contribution in [2.24, 2.45) is 11.8 Å². The van der Waals surface area contributed by atoms with Crippen LogP contribution in [0.3, 0.4) is 0 Å². The number of nitrogens with two attached hydrogens (primary N) is 3. The number of nitrogens with zero attached hydrogens (tertiary/aromatic N) is 1. The van der Waals surface area contributed by atoms with Gasteiger partial charge >= 0.3 is 0 Å². The van der Waals surface area contributed by atoms with E-state index in [2.05, 4.69) is 10.4 Å². The van der Waals surface area contributed by atoms with Crippen molar-refractivity contribution in [1.82, 2.24) is 4.98 Å². The number of hydrazine groups is 1. The zero-order valence-corrected chi connectivity index (χ0v) is 10.5. The van der Waals surface area contributed by atoms with Crippen LogP contribution in [-0.4, -0.2) is 11.6 Å². The van der Waals surface area contributed by atoms with Gasteiger partial charge in [-0.05, 0) is 18.8 Å². The van der Waals surface area contributed by atoms with Crippen LogP contribution < -0.4 is 27.5 Å². The van der Waals surface area contributed by atoms with E-state index in [1.807, 2.05) is 0 Å². The summed E-state index contributed by atoms with van der Waals surface area (Å²) in [5.74, 6) is 7.19.